The Hall–Kier alpha value is -3.06. The highest BCUT2D eigenvalue weighted by atomic mass is 16.1. The molecule has 2 aromatic rings. The summed E-state index contributed by atoms with van der Waals surface area (Å²) in [6.07, 6.45) is -0.180. The minimum absolute atomic E-state index is 0.180. The van der Waals surface area contributed by atoms with Crippen LogP contribution in [-0.2, 0) is 13.1 Å². The molecule has 0 fully saturated rings. The second-order valence-corrected chi connectivity index (χ2v) is 6.26. The van der Waals surface area contributed by atoms with Crippen LogP contribution < -0.4 is 11.1 Å². The molecule has 1 amide bonds. The Balaban J connectivity index is 1.55. The van der Waals surface area contributed by atoms with Crippen LogP contribution >= 0.6 is 0 Å². The van der Waals surface area contributed by atoms with Crippen molar-refractivity contribution in [3.05, 3.63) is 64.7 Å². The maximum absolute atomic E-state index is 11.8. The summed E-state index contributed by atoms with van der Waals surface area (Å²) in [6, 6.07) is 13.7. The van der Waals surface area contributed by atoms with Crippen molar-refractivity contribution in [3.63, 3.8) is 0 Å². The fourth-order valence-corrected chi connectivity index (χ4v) is 3.50. The number of benzene rings is 2. The third kappa shape index (κ3) is 2.78. The zero-order valence-electron chi connectivity index (χ0n) is 13.6. The zero-order chi connectivity index (χ0) is 17.4. The minimum atomic E-state index is -0.620. The van der Waals surface area contributed by atoms with E-state index in [1.807, 2.05) is 6.07 Å². The molecule has 4 N–H and O–H groups in total. The van der Waals surface area contributed by atoms with Crippen molar-refractivity contribution in [1.82, 2.24) is 4.90 Å². The zero-order valence-corrected chi connectivity index (χ0v) is 13.6. The Morgan fingerprint density at radius 2 is 1.96 bits per heavy atom. The molecule has 7 nitrogen and oxygen atoms in total. The molecule has 0 saturated heterocycles. The van der Waals surface area contributed by atoms with Gasteiger partial charge in [0.25, 0.3) is 5.91 Å². The lowest BCUT2D eigenvalue weighted by atomic mass is 10.0. The quantitative estimate of drug-likeness (QED) is 0.749. The summed E-state index contributed by atoms with van der Waals surface area (Å²) >= 11 is 0. The Morgan fingerprint density at radius 3 is 2.64 bits per heavy atom. The number of amides is 1. The number of nitrogens with one attached hydrogen (secondary N) is 2. The molecule has 2 aromatic carbocycles. The first-order chi connectivity index (χ1) is 12.2. The van der Waals surface area contributed by atoms with Gasteiger partial charge in [-0.1, -0.05) is 30.3 Å². The number of carbonyl (C=O) groups is 1. The van der Waals surface area contributed by atoms with Crippen LogP contribution in [0.4, 0.5) is 5.69 Å². The van der Waals surface area contributed by atoms with E-state index >= 15 is 0 Å². The van der Waals surface area contributed by atoms with Gasteiger partial charge in [0.1, 0.15) is 12.0 Å². The number of nitrogens with zero attached hydrogens (tertiary/aromatic N) is 3. The summed E-state index contributed by atoms with van der Waals surface area (Å²) in [6.45, 7) is 2.51. The Labute approximate surface area is 145 Å². The van der Waals surface area contributed by atoms with Gasteiger partial charge in [-0.15, -0.1) is 5.11 Å². The largest absolute Gasteiger partial charge is 0.383 e. The fourth-order valence-electron chi connectivity index (χ4n) is 3.50. The van der Waals surface area contributed by atoms with E-state index in [0.717, 1.165) is 25.3 Å². The molecule has 0 aliphatic carbocycles. The number of hydrogen-bond donors (Lipinski definition) is 3. The summed E-state index contributed by atoms with van der Waals surface area (Å²) in [5.41, 5.74) is 17.4. The molecule has 4 rings (SSSR count). The van der Waals surface area contributed by atoms with Gasteiger partial charge >= 0.3 is 0 Å². The van der Waals surface area contributed by atoms with Crippen LogP contribution in [0.1, 0.15) is 27.0 Å². The van der Waals surface area contributed by atoms with E-state index in [1.165, 1.54) is 11.1 Å². The predicted molar refractivity (Wildman–Crippen MR) is 94.6 cm³/mol. The summed E-state index contributed by atoms with van der Waals surface area (Å²) in [4.78, 5) is 18.6. The van der Waals surface area contributed by atoms with Gasteiger partial charge in [-0.3, -0.25) is 9.69 Å². The molecule has 0 aromatic heterocycles. The van der Waals surface area contributed by atoms with Gasteiger partial charge in [-0.2, -0.15) is 0 Å². The number of amidine groups is 1. The molecule has 126 valence electrons. The van der Waals surface area contributed by atoms with Crippen molar-refractivity contribution in [2.75, 3.05) is 11.9 Å². The van der Waals surface area contributed by atoms with E-state index in [1.54, 1.807) is 12.1 Å². The van der Waals surface area contributed by atoms with E-state index in [-0.39, 0.29) is 6.17 Å². The standard InChI is InChI=1S/C18H18N6O/c19-17-16-13(18(25)23-20)6-3-7-14(16)21-15(22-17)10-24-8-11-4-1-2-5-12(11)9-24/h1-7,15,20-21H,8-10H2,(H2,19,22). The lowest BCUT2D eigenvalue weighted by Crippen LogP contribution is -2.38. The average Bonchev–Trinajstić information content (AvgIpc) is 3.02. The summed E-state index contributed by atoms with van der Waals surface area (Å²) in [5, 5.41) is 6.33. The summed E-state index contributed by atoms with van der Waals surface area (Å²) in [7, 11) is 0. The molecule has 0 bridgehead atoms. The van der Waals surface area contributed by atoms with Gasteiger partial charge in [0.05, 0.1) is 11.1 Å². The van der Waals surface area contributed by atoms with Crippen LogP contribution in [0.3, 0.4) is 0 Å². The summed E-state index contributed by atoms with van der Waals surface area (Å²) in [5.74, 6) is -0.312. The number of carbonyl (C=O) groups excluding carboxylic acids is 1. The van der Waals surface area contributed by atoms with Crippen molar-refractivity contribution < 1.29 is 4.79 Å². The topological polar surface area (TPSA) is 107 Å². The van der Waals surface area contributed by atoms with Crippen LogP contribution in [0.2, 0.25) is 0 Å². The van der Waals surface area contributed by atoms with Crippen LogP contribution in [0.15, 0.2) is 52.6 Å². The number of nitrogens with two attached hydrogens (primary N) is 1. The van der Waals surface area contributed by atoms with Gasteiger partial charge in [0.2, 0.25) is 0 Å². The second-order valence-electron chi connectivity index (χ2n) is 6.26. The first kappa shape index (κ1) is 15.5. The smallest absolute Gasteiger partial charge is 0.295 e. The Bertz CT molecular complexity index is 866. The van der Waals surface area contributed by atoms with E-state index < -0.39 is 5.91 Å². The van der Waals surface area contributed by atoms with Gasteiger partial charge in [-0.05, 0) is 23.3 Å². The van der Waals surface area contributed by atoms with Crippen molar-refractivity contribution in [2.24, 2.45) is 15.8 Å². The SMILES string of the molecule is N=NC(=O)c1cccc2c1C(N)=NC(CN1Cc3ccccc3C1)N2. The number of aliphatic imine (C=N–C) groups is 1. The van der Waals surface area contributed by atoms with E-state index in [9.17, 15) is 4.79 Å². The molecule has 1 unspecified atom stereocenters. The number of rotatable bonds is 3. The van der Waals surface area contributed by atoms with Crippen molar-refractivity contribution in [3.8, 4) is 0 Å². The first-order valence-corrected chi connectivity index (χ1v) is 8.10. The molecular formula is C18H18N6O. The van der Waals surface area contributed by atoms with Crippen molar-refractivity contribution in [2.45, 2.75) is 19.3 Å². The molecule has 25 heavy (non-hydrogen) atoms. The fraction of sp³-hybridized carbons (Fsp3) is 0.222. The summed E-state index contributed by atoms with van der Waals surface area (Å²) < 4.78 is 0. The third-order valence-corrected chi connectivity index (χ3v) is 4.61. The lowest BCUT2D eigenvalue weighted by Gasteiger charge is -2.28. The highest BCUT2D eigenvalue weighted by Crippen LogP contribution is 2.27. The highest BCUT2D eigenvalue weighted by molar-refractivity contribution is 6.13. The number of anilines is 1. The van der Waals surface area contributed by atoms with Gasteiger partial charge < -0.3 is 11.1 Å². The molecule has 1 atom stereocenters. The molecule has 2 aliphatic heterocycles. The third-order valence-electron chi connectivity index (χ3n) is 4.61. The Kier molecular flexibility index (Phi) is 3.77. The van der Waals surface area contributed by atoms with E-state index in [0.29, 0.717) is 17.0 Å². The molecule has 7 heteroatoms. The Morgan fingerprint density at radius 1 is 1.24 bits per heavy atom. The van der Waals surface area contributed by atoms with Crippen LogP contribution in [0.5, 0.6) is 0 Å². The molecule has 0 saturated carbocycles. The normalized spacial score (nSPS) is 18.7. The minimum Gasteiger partial charge on any atom is -0.383 e. The van der Waals surface area contributed by atoms with Gasteiger partial charge in [0, 0.05) is 25.3 Å². The average molecular weight is 334 g/mol. The van der Waals surface area contributed by atoms with Crippen molar-refractivity contribution in [1.29, 1.82) is 5.53 Å². The molecular weight excluding hydrogens is 316 g/mol. The number of hydrogen-bond acceptors (Lipinski definition) is 6. The van der Waals surface area contributed by atoms with Crippen LogP contribution in [-0.4, -0.2) is 29.4 Å². The molecule has 2 heterocycles. The second kappa shape index (κ2) is 6.10. The number of fused-ring (bicyclic) bond motifs is 2. The predicted octanol–water partition coefficient (Wildman–Crippen LogP) is 2.33. The molecule has 2 aliphatic rings. The maximum Gasteiger partial charge on any atom is 0.295 e. The van der Waals surface area contributed by atoms with E-state index in [4.69, 9.17) is 11.3 Å². The van der Waals surface area contributed by atoms with Crippen LogP contribution in [0, 0.1) is 5.53 Å². The lowest BCUT2D eigenvalue weighted by molar-refractivity contribution is 0.0990. The first-order valence-electron chi connectivity index (χ1n) is 8.10. The van der Waals surface area contributed by atoms with Crippen LogP contribution in [0.25, 0.3) is 0 Å². The van der Waals surface area contributed by atoms with Crippen molar-refractivity contribution >= 4 is 17.4 Å². The molecule has 0 radical (unpaired) electrons. The highest BCUT2D eigenvalue weighted by Gasteiger charge is 2.27. The van der Waals surface area contributed by atoms with Gasteiger partial charge in [0.15, 0.2) is 0 Å². The van der Waals surface area contributed by atoms with Gasteiger partial charge in [-0.25, -0.2) is 10.5 Å². The monoisotopic (exact) mass is 334 g/mol. The van der Waals surface area contributed by atoms with E-state index in [2.05, 4.69) is 44.6 Å². The maximum atomic E-state index is 11.8. The molecule has 0 spiro atoms.